The van der Waals surface area contributed by atoms with E-state index in [-0.39, 0.29) is 25.3 Å². The van der Waals surface area contributed by atoms with Crippen LogP contribution in [0.4, 0.5) is 13.2 Å². The van der Waals surface area contributed by atoms with Gasteiger partial charge in [-0.2, -0.15) is 13.2 Å². The monoisotopic (exact) mass is 414 g/mol. The summed E-state index contributed by atoms with van der Waals surface area (Å²) in [6.45, 7) is 0.718. The first-order valence-electron chi connectivity index (χ1n) is 10.0. The molecule has 0 atom stereocenters. The van der Waals surface area contributed by atoms with E-state index in [1.165, 1.54) is 11.0 Å². The van der Waals surface area contributed by atoms with E-state index in [9.17, 15) is 27.9 Å². The highest BCUT2D eigenvalue weighted by molar-refractivity contribution is 5.69. The standard InChI is InChI=1S/C19H25F3N4O3/c1-24-15-14(25(11-23-15)9-12-3-2-4-12)16(27)26(17(24)28)10-13-5-7-18(29,8-6-13)19(20,21)22/h11-13,29H,2-10H2,1H3/t13-,18-. The van der Waals surface area contributed by atoms with E-state index in [2.05, 4.69) is 4.98 Å². The normalized spacial score (nSPS) is 26.0. The van der Waals surface area contributed by atoms with Gasteiger partial charge >= 0.3 is 11.9 Å². The molecule has 2 aliphatic rings. The molecule has 7 nitrogen and oxygen atoms in total. The Kier molecular flexibility index (Phi) is 4.87. The fourth-order valence-electron chi connectivity index (χ4n) is 4.45. The average molecular weight is 414 g/mol. The zero-order chi connectivity index (χ0) is 21.0. The summed E-state index contributed by atoms with van der Waals surface area (Å²) < 4.78 is 43.3. The van der Waals surface area contributed by atoms with Crippen molar-refractivity contribution in [2.24, 2.45) is 18.9 Å². The highest BCUT2D eigenvalue weighted by Gasteiger charge is 2.54. The first kappa shape index (κ1) is 20.2. The molecule has 0 radical (unpaired) electrons. The second kappa shape index (κ2) is 7.00. The van der Waals surface area contributed by atoms with E-state index in [4.69, 9.17) is 0 Å². The summed E-state index contributed by atoms with van der Waals surface area (Å²) in [5.41, 5.74) is -2.96. The van der Waals surface area contributed by atoms with Crippen LogP contribution in [0, 0.1) is 11.8 Å². The lowest BCUT2D eigenvalue weighted by Crippen LogP contribution is -2.49. The second-order valence-corrected chi connectivity index (χ2v) is 8.60. The van der Waals surface area contributed by atoms with Gasteiger partial charge in [0.05, 0.1) is 6.33 Å². The summed E-state index contributed by atoms with van der Waals surface area (Å²) in [6, 6.07) is 0. The molecule has 2 heterocycles. The van der Waals surface area contributed by atoms with Crippen molar-refractivity contribution in [2.45, 2.75) is 69.8 Å². The van der Waals surface area contributed by atoms with Crippen molar-refractivity contribution in [3.63, 3.8) is 0 Å². The number of halogens is 3. The maximum Gasteiger partial charge on any atom is 0.417 e. The van der Waals surface area contributed by atoms with Crippen LogP contribution in [-0.2, 0) is 20.1 Å². The van der Waals surface area contributed by atoms with Gasteiger partial charge < -0.3 is 9.67 Å². The quantitative estimate of drug-likeness (QED) is 0.832. The topological polar surface area (TPSA) is 82.0 Å². The minimum Gasteiger partial charge on any atom is -0.380 e. The molecular formula is C19H25F3N4O3. The molecule has 0 unspecified atom stereocenters. The Morgan fingerprint density at radius 2 is 1.76 bits per heavy atom. The molecule has 0 amide bonds. The molecule has 2 saturated carbocycles. The van der Waals surface area contributed by atoms with Gasteiger partial charge in [0.2, 0.25) is 0 Å². The molecular weight excluding hydrogens is 389 g/mol. The van der Waals surface area contributed by atoms with Gasteiger partial charge in [0.25, 0.3) is 5.56 Å². The Bertz CT molecular complexity index is 1020. The first-order chi connectivity index (χ1) is 13.6. The van der Waals surface area contributed by atoms with E-state index in [0.717, 1.165) is 17.4 Å². The van der Waals surface area contributed by atoms with Gasteiger partial charge in [-0.05, 0) is 50.4 Å². The highest BCUT2D eigenvalue weighted by atomic mass is 19.4. The molecule has 10 heteroatoms. The van der Waals surface area contributed by atoms with Crippen LogP contribution in [0.2, 0.25) is 0 Å². The molecule has 0 saturated heterocycles. The molecule has 4 rings (SSSR count). The van der Waals surface area contributed by atoms with Crippen molar-refractivity contribution in [1.29, 1.82) is 0 Å². The van der Waals surface area contributed by atoms with Crippen LogP contribution in [-0.4, -0.2) is 35.6 Å². The number of aromatic nitrogens is 4. The summed E-state index contributed by atoms with van der Waals surface area (Å²) in [5.74, 6) is 0.222. The molecule has 2 aromatic rings. The van der Waals surface area contributed by atoms with Gasteiger partial charge in [0.15, 0.2) is 16.8 Å². The summed E-state index contributed by atoms with van der Waals surface area (Å²) in [4.78, 5) is 30.0. The van der Waals surface area contributed by atoms with Gasteiger partial charge in [0.1, 0.15) is 0 Å². The van der Waals surface area contributed by atoms with Crippen LogP contribution in [0.15, 0.2) is 15.9 Å². The van der Waals surface area contributed by atoms with Crippen LogP contribution >= 0.6 is 0 Å². The van der Waals surface area contributed by atoms with Gasteiger partial charge in [-0.1, -0.05) is 6.42 Å². The third-order valence-corrected chi connectivity index (χ3v) is 6.68. The molecule has 0 aromatic carbocycles. The fourth-order valence-corrected chi connectivity index (χ4v) is 4.45. The van der Waals surface area contributed by atoms with Crippen LogP contribution in [0.1, 0.15) is 44.9 Å². The lowest BCUT2D eigenvalue weighted by Gasteiger charge is -2.37. The van der Waals surface area contributed by atoms with E-state index < -0.39 is 35.9 Å². The van der Waals surface area contributed by atoms with Crippen LogP contribution < -0.4 is 11.2 Å². The molecule has 2 aromatic heterocycles. The van der Waals surface area contributed by atoms with Crippen molar-refractivity contribution in [1.82, 2.24) is 18.7 Å². The number of rotatable bonds is 4. The second-order valence-electron chi connectivity index (χ2n) is 8.60. The SMILES string of the molecule is Cn1c(=O)n(C[C@H]2CC[C@@](O)(C(F)(F)F)CC2)c(=O)c2c1ncn2CC1CCC1. The zero-order valence-electron chi connectivity index (χ0n) is 16.3. The smallest absolute Gasteiger partial charge is 0.380 e. The molecule has 160 valence electrons. The summed E-state index contributed by atoms with van der Waals surface area (Å²) in [6.07, 6.45) is -0.345. The third kappa shape index (κ3) is 3.41. The predicted octanol–water partition coefficient (Wildman–Crippen LogP) is 2.18. The van der Waals surface area contributed by atoms with E-state index in [1.807, 2.05) is 0 Å². The zero-order valence-corrected chi connectivity index (χ0v) is 16.3. The van der Waals surface area contributed by atoms with Gasteiger partial charge in [-0.25, -0.2) is 9.78 Å². The Labute approximate surface area is 164 Å². The summed E-state index contributed by atoms with van der Waals surface area (Å²) >= 11 is 0. The van der Waals surface area contributed by atoms with E-state index in [1.54, 1.807) is 17.9 Å². The van der Waals surface area contributed by atoms with Crippen LogP contribution in [0.25, 0.3) is 11.2 Å². The first-order valence-corrected chi connectivity index (χ1v) is 10.0. The molecule has 1 N–H and O–H groups in total. The number of nitrogens with zero attached hydrogens (tertiary/aromatic N) is 4. The van der Waals surface area contributed by atoms with Gasteiger partial charge in [0, 0.05) is 20.1 Å². The van der Waals surface area contributed by atoms with Gasteiger partial charge in [-0.3, -0.25) is 13.9 Å². The van der Waals surface area contributed by atoms with Crippen molar-refractivity contribution >= 4 is 11.2 Å². The molecule has 0 spiro atoms. The maximum absolute atomic E-state index is 13.1. The van der Waals surface area contributed by atoms with Crippen molar-refractivity contribution in [3.05, 3.63) is 27.2 Å². The maximum atomic E-state index is 13.1. The molecule has 2 fully saturated rings. The minimum absolute atomic E-state index is 0.0456. The molecule has 2 aliphatic carbocycles. The number of alkyl halides is 3. The number of aliphatic hydroxyl groups is 1. The number of aryl methyl sites for hydroxylation is 1. The summed E-state index contributed by atoms with van der Waals surface area (Å²) in [5, 5.41) is 9.84. The number of hydrogen-bond acceptors (Lipinski definition) is 4. The number of hydrogen-bond donors (Lipinski definition) is 1. The molecule has 29 heavy (non-hydrogen) atoms. The summed E-state index contributed by atoms with van der Waals surface area (Å²) in [7, 11) is 1.55. The Morgan fingerprint density at radius 3 is 2.31 bits per heavy atom. The van der Waals surface area contributed by atoms with Gasteiger partial charge in [-0.15, -0.1) is 0 Å². The van der Waals surface area contributed by atoms with Crippen molar-refractivity contribution in [2.75, 3.05) is 0 Å². The lowest BCUT2D eigenvalue weighted by atomic mass is 9.78. The van der Waals surface area contributed by atoms with E-state index in [0.29, 0.717) is 23.6 Å². The van der Waals surface area contributed by atoms with Crippen LogP contribution in [0.5, 0.6) is 0 Å². The Morgan fingerprint density at radius 1 is 1.14 bits per heavy atom. The highest BCUT2D eigenvalue weighted by Crippen LogP contribution is 2.43. The number of fused-ring (bicyclic) bond motifs is 1. The lowest BCUT2D eigenvalue weighted by molar-refractivity contribution is -0.272. The average Bonchev–Trinajstić information content (AvgIpc) is 3.05. The largest absolute Gasteiger partial charge is 0.417 e. The predicted molar refractivity (Wildman–Crippen MR) is 99.5 cm³/mol. The Balaban J connectivity index is 1.62. The van der Waals surface area contributed by atoms with E-state index >= 15 is 0 Å². The fraction of sp³-hybridized carbons (Fsp3) is 0.737. The van der Waals surface area contributed by atoms with Crippen molar-refractivity contribution < 1.29 is 18.3 Å². The van der Waals surface area contributed by atoms with Crippen molar-refractivity contribution in [3.8, 4) is 0 Å². The third-order valence-electron chi connectivity index (χ3n) is 6.68. The van der Waals surface area contributed by atoms with Crippen LogP contribution in [0.3, 0.4) is 0 Å². The molecule has 0 bridgehead atoms. The minimum atomic E-state index is -4.67. The molecule has 0 aliphatic heterocycles. The Hall–Kier alpha value is -2.10. The number of imidazole rings is 1.